The van der Waals surface area contributed by atoms with Gasteiger partial charge in [-0.3, -0.25) is 4.90 Å². The first-order valence-corrected chi connectivity index (χ1v) is 8.08. The highest BCUT2D eigenvalue weighted by atomic mass is 32.1. The first-order chi connectivity index (χ1) is 9.88. The molecule has 0 aromatic carbocycles. The Balaban J connectivity index is 1.47. The van der Waals surface area contributed by atoms with E-state index >= 15 is 0 Å². The number of ether oxygens (including phenoxy) is 1. The van der Waals surface area contributed by atoms with Crippen LogP contribution in [0.5, 0.6) is 5.88 Å². The summed E-state index contributed by atoms with van der Waals surface area (Å²) in [5.74, 6) is 1.35. The maximum absolute atomic E-state index is 6.05. The minimum Gasteiger partial charge on any atom is -0.472 e. The number of piperidine rings is 3. The van der Waals surface area contributed by atoms with Gasteiger partial charge in [-0.05, 0) is 49.4 Å². The summed E-state index contributed by atoms with van der Waals surface area (Å²) < 4.78 is 6.05. The molecule has 5 heterocycles. The van der Waals surface area contributed by atoms with Crippen molar-refractivity contribution in [1.82, 2.24) is 15.1 Å². The van der Waals surface area contributed by atoms with Gasteiger partial charge in [-0.1, -0.05) is 0 Å². The molecule has 3 fully saturated rings. The molecule has 0 spiro atoms. The van der Waals surface area contributed by atoms with Gasteiger partial charge in [0.1, 0.15) is 6.10 Å². The second-order valence-electron chi connectivity index (χ2n) is 5.56. The molecule has 0 radical (unpaired) electrons. The number of hydrogen-bond acceptors (Lipinski definition) is 5. The molecule has 0 amide bonds. The lowest BCUT2D eigenvalue weighted by atomic mass is 9.86. The van der Waals surface area contributed by atoms with Gasteiger partial charge in [0.15, 0.2) is 0 Å². The second kappa shape index (κ2) is 5.14. The van der Waals surface area contributed by atoms with Crippen molar-refractivity contribution in [3.63, 3.8) is 0 Å². The van der Waals surface area contributed by atoms with Crippen molar-refractivity contribution >= 4 is 11.3 Å². The van der Waals surface area contributed by atoms with E-state index in [1.54, 1.807) is 11.3 Å². The predicted octanol–water partition coefficient (Wildman–Crippen LogP) is 2.68. The van der Waals surface area contributed by atoms with Gasteiger partial charge < -0.3 is 4.74 Å². The predicted molar refractivity (Wildman–Crippen MR) is 78.9 cm³/mol. The zero-order valence-electron chi connectivity index (χ0n) is 11.2. The lowest BCUT2D eigenvalue weighted by molar-refractivity contribution is -0.0103. The standard InChI is InChI=1S/C15H17N3OS/c1-2-15(17-16-13(1)12-5-8-20-10-12)19-14-9-18-6-3-11(14)4-7-18/h1-2,5,8,10-11,14H,3-4,6-7,9H2. The van der Waals surface area contributed by atoms with Gasteiger partial charge in [0, 0.05) is 23.6 Å². The van der Waals surface area contributed by atoms with E-state index in [9.17, 15) is 0 Å². The molecular formula is C15H17N3OS. The SMILES string of the molecule is c1cc(-c2ccc(OC3CN4CCC3CC4)nn2)cs1. The molecule has 20 heavy (non-hydrogen) atoms. The number of rotatable bonds is 3. The van der Waals surface area contributed by atoms with E-state index in [0.717, 1.165) is 17.8 Å². The summed E-state index contributed by atoms with van der Waals surface area (Å²) in [6, 6.07) is 5.99. The van der Waals surface area contributed by atoms with E-state index in [4.69, 9.17) is 4.74 Å². The van der Waals surface area contributed by atoms with Crippen LogP contribution in [0, 0.1) is 5.92 Å². The van der Waals surface area contributed by atoms with Crippen LogP contribution >= 0.6 is 11.3 Å². The van der Waals surface area contributed by atoms with Crippen LogP contribution in [0.4, 0.5) is 0 Å². The van der Waals surface area contributed by atoms with E-state index in [0.29, 0.717) is 17.9 Å². The van der Waals surface area contributed by atoms with Gasteiger partial charge in [-0.15, -0.1) is 10.2 Å². The Hall–Kier alpha value is -1.46. The molecule has 3 saturated heterocycles. The van der Waals surface area contributed by atoms with Crippen molar-refractivity contribution in [2.24, 2.45) is 5.92 Å². The molecule has 4 nitrogen and oxygen atoms in total. The average molecular weight is 287 g/mol. The Kier molecular flexibility index (Phi) is 3.16. The Morgan fingerprint density at radius 3 is 2.65 bits per heavy atom. The molecule has 2 aromatic rings. The van der Waals surface area contributed by atoms with Crippen molar-refractivity contribution < 1.29 is 4.74 Å². The molecule has 1 atom stereocenters. The van der Waals surface area contributed by atoms with E-state index in [1.807, 2.05) is 12.1 Å². The van der Waals surface area contributed by atoms with Gasteiger partial charge in [0.2, 0.25) is 5.88 Å². The first kappa shape index (κ1) is 12.3. The molecule has 3 aliphatic rings. The quantitative estimate of drug-likeness (QED) is 0.870. The first-order valence-electron chi connectivity index (χ1n) is 7.14. The molecule has 0 aliphatic carbocycles. The number of thiophene rings is 1. The van der Waals surface area contributed by atoms with Crippen LogP contribution in [-0.2, 0) is 0 Å². The van der Waals surface area contributed by atoms with E-state index < -0.39 is 0 Å². The van der Waals surface area contributed by atoms with Crippen LogP contribution in [0.25, 0.3) is 11.3 Å². The van der Waals surface area contributed by atoms with Gasteiger partial charge in [0.25, 0.3) is 0 Å². The number of fused-ring (bicyclic) bond motifs is 3. The minimum atomic E-state index is 0.291. The van der Waals surface area contributed by atoms with Crippen LogP contribution in [0.3, 0.4) is 0 Å². The molecule has 1 unspecified atom stereocenters. The molecule has 2 aromatic heterocycles. The zero-order chi connectivity index (χ0) is 13.4. The van der Waals surface area contributed by atoms with Gasteiger partial charge in [0.05, 0.1) is 5.69 Å². The van der Waals surface area contributed by atoms with Gasteiger partial charge >= 0.3 is 0 Å². The fourth-order valence-corrected chi connectivity index (χ4v) is 3.80. The van der Waals surface area contributed by atoms with Crippen molar-refractivity contribution in [3.05, 3.63) is 29.0 Å². The average Bonchev–Trinajstić information content (AvgIpc) is 3.04. The van der Waals surface area contributed by atoms with E-state index in [1.165, 1.54) is 25.9 Å². The maximum atomic E-state index is 6.05. The van der Waals surface area contributed by atoms with Crippen molar-refractivity contribution in [2.75, 3.05) is 19.6 Å². The number of aromatic nitrogens is 2. The summed E-state index contributed by atoms with van der Waals surface area (Å²) >= 11 is 1.67. The summed E-state index contributed by atoms with van der Waals surface area (Å²) in [5.41, 5.74) is 2.03. The third-order valence-electron chi connectivity index (χ3n) is 4.33. The molecule has 5 heteroatoms. The molecule has 5 rings (SSSR count). The molecule has 2 bridgehead atoms. The van der Waals surface area contributed by atoms with Crippen LogP contribution in [0.15, 0.2) is 29.0 Å². The third-order valence-corrected chi connectivity index (χ3v) is 5.01. The molecule has 104 valence electrons. The smallest absolute Gasteiger partial charge is 0.233 e. The molecule has 0 N–H and O–H groups in total. The Bertz CT molecular complexity index is 561. The van der Waals surface area contributed by atoms with Crippen LogP contribution < -0.4 is 4.74 Å². The Labute approximate surface area is 122 Å². The zero-order valence-corrected chi connectivity index (χ0v) is 12.1. The van der Waals surface area contributed by atoms with Crippen molar-refractivity contribution in [1.29, 1.82) is 0 Å². The molecule has 0 saturated carbocycles. The van der Waals surface area contributed by atoms with E-state index in [-0.39, 0.29) is 0 Å². The summed E-state index contributed by atoms with van der Waals surface area (Å²) in [7, 11) is 0. The van der Waals surface area contributed by atoms with Crippen LogP contribution in [0.2, 0.25) is 0 Å². The lowest BCUT2D eigenvalue weighted by Crippen LogP contribution is -2.52. The van der Waals surface area contributed by atoms with E-state index in [2.05, 4.69) is 31.9 Å². The van der Waals surface area contributed by atoms with Crippen LogP contribution in [-0.4, -0.2) is 40.8 Å². The highest BCUT2D eigenvalue weighted by molar-refractivity contribution is 7.08. The summed E-state index contributed by atoms with van der Waals surface area (Å²) in [4.78, 5) is 2.48. The number of hydrogen-bond donors (Lipinski definition) is 0. The monoisotopic (exact) mass is 287 g/mol. The van der Waals surface area contributed by atoms with Gasteiger partial charge in [-0.2, -0.15) is 11.3 Å². The van der Waals surface area contributed by atoms with Crippen LogP contribution in [0.1, 0.15) is 12.8 Å². The molecule has 3 aliphatic heterocycles. The minimum absolute atomic E-state index is 0.291. The molecular weight excluding hydrogens is 270 g/mol. The number of nitrogens with zero attached hydrogens (tertiary/aromatic N) is 3. The Morgan fingerprint density at radius 1 is 1.15 bits per heavy atom. The second-order valence-corrected chi connectivity index (χ2v) is 6.34. The summed E-state index contributed by atoms with van der Waals surface area (Å²) in [6.45, 7) is 3.50. The fraction of sp³-hybridized carbons (Fsp3) is 0.467. The largest absolute Gasteiger partial charge is 0.472 e. The highest BCUT2D eigenvalue weighted by Crippen LogP contribution is 2.30. The summed E-state index contributed by atoms with van der Waals surface area (Å²) in [6.07, 6.45) is 2.80. The Morgan fingerprint density at radius 2 is 2.05 bits per heavy atom. The highest BCUT2D eigenvalue weighted by Gasteiger charge is 2.35. The van der Waals surface area contributed by atoms with Gasteiger partial charge in [-0.25, -0.2) is 0 Å². The summed E-state index contributed by atoms with van der Waals surface area (Å²) in [5, 5.41) is 12.6. The maximum Gasteiger partial charge on any atom is 0.233 e. The van der Waals surface area contributed by atoms with Crippen molar-refractivity contribution in [3.8, 4) is 17.1 Å². The fourth-order valence-electron chi connectivity index (χ4n) is 3.15. The lowest BCUT2D eigenvalue weighted by Gasteiger charge is -2.44. The van der Waals surface area contributed by atoms with Crippen molar-refractivity contribution in [2.45, 2.75) is 18.9 Å². The normalized spacial score (nSPS) is 28.5. The third kappa shape index (κ3) is 2.31. The topological polar surface area (TPSA) is 38.2 Å².